The van der Waals surface area contributed by atoms with E-state index in [0.717, 1.165) is 43.7 Å². The summed E-state index contributed by atoms with van der Waals surface area (Å²) in [5.74, 6) is 0.904. The third-order valence-corrected chi connectivity index (χ3v) is 6.73. The van der Waals surface area contributed by atoms with E-state index in [-0.39, 0.29) is 15.4 Å². The summed E-state index contributed by atoms with van der Waals surface area (Å²) in [6, 6.07) is 12.7. The molecule has 1 unspecified atom stereocenters. The Bertz CT molecular complexity index is 815. The molecular weight excluding hydrogens is 356 g/mol. The number of benzene rings is 1. The van der Waals surface area contributed by atoms with Crippen LogP contribution in [-0.4, -0.2) is 28.1 Å². The molecule has 1 saturated heterocycles. The maximum absolute atomic E-state index is 11.5. The number of amides is 1. The standard InChI is InChI=1S/C22H26N2O2S/c1-3-18-7-6-17(13-23-18)22(10-11-22)15-26-19-8-4-16(5-9-19)12-21(2)14-24-20(25)27-21/h4-9,13H,3,10-12,14-15H2,1-2H3,(H,24,25). The lowest BCUT2D eigenvalue weighted by molar-refractivity contribution is 0.262. The van der Waals surface area contributed by atoms with Crippen molar-refractivity contribution in [1.29, 1.82) is 0 Å². The number of carbonyl (C=O) groups is 1. The Balaban J connectivity index is 1.35. The molecule has 0 radical (unpaired) electrons. The molecule has 1 aromatic carbocycles. The first kappa shape index (κ1) is 18.4. The Morgan fingerprint density at radius 3 is 2.52 bits per heavy atom. The molecule has 4 rings (SSSR count). The van der Waals surface area contributed by atoms with Gasteiger partial charge in [-0.05, 0) is 61.9 Å². The van der Waals surface area contributed by atoms with Gasteiger partial charge in [-0.3, -0.25) is 9.78 Å². The minimum Gasteiger partial charge on any atom is -0.493 e. The van der Waals surface area contributed by atoms with Crippen molar-refractivity contribution in [3.05, 3.63) is 59.4 Å². The van der Waals surface area contributed by atoms with Crippen molar-refractivity contribution in [2.24, 2.45) is 0 Å². The molecule has 1 amide bonds. The average Bonchev–Trinajstić information content (AvgIpc) is 3.40. The number of nitrogens with zero attached hydrogens (tertiary/aromatic N) is 1. The van der Waals surface area contributed by atoms with Gasteiger partial charge >= 0.3 is 0 Å². The highest BCUT2D eigenvalue weighted by Crippen LogP contribution is 2.48. The molecule has 1 atom stereocenters. The van der Waals surface area contributed by atoms with E-state index in [4.69, 9.17) is 4.74 Å². The van der Waals surface area contributed by atoms with Gasteiger partial charge in [0, 0.05) is 28.6 Å². The minimum absolute atomic E-state index is 0.0603. The lowest BCUT2D eigenvalue weighted by atomic mass is 9.98. The molecule has 2 aromatic rings. The third-order valence-electron chi connectivity index (χ3n) is 5.62. The van der Waals surface area contributed by atoms with Gasteiger partial charge in [0.15, 0.2) is 0 Å². The van der Waals surface area contributed by atoms with Crippen LogP contribution in [-0.2, 0) is 18.3 Å². The molecule has 1 aliphatic heterocycles. The summed E-state index contributed by atoms with van der Waals surface area (Å²) >= 11 is 1.40. The summed E-state index contributed by atoms with van der Waals surface area (Å²) < 4.78 is 6.05. The number of aryl methyl sites for hydroxylation is 1. The number of carbonyl (C=O) groups excluding carboxylic acids is 1. The van der Waals surface area contributed by atoms with Crippen molar-refractivity contribution in [3.63, 3.8) is 0 Å². The van der Waals surface area contributed by atoms with Crippen molar-refractivity contribution < 1.29 is 9.53 Å². The van der Waals surface area contributed by atoms with E-state index in [1.54, 1.807) is 0 Å². The van der Waals surface area contributed by atoms with Crippen molar-refractivity contribution in [1.82, 2.24) is 10.3 Å². The molecule has 5 heteroatoms. The second-order valence-corrected chi connectivity index (χ2v) is 9.53. The molecule has 1 saturated carbocycles. The number of hydrogen-bond acceptors (Lipinski definition) is 4. The molecule has 1 N–H and O–H groups in total. The zero-order chi connectivity index (χ0) is 18.9. The molecular formula is C22H26N2O2S. The number of pyridine rings is 1. The fourth-order valence-corrected chi connectivity index (χ4v) is 4.60. The fourth-order valence-electron chi connectivity index (χ4n) is 3.63. The van der Waals surface area contributed by atoms with Crippen LogP contribution >= 0.6 is 11.8 Å². The quantitative estimate of drug-likeness (QED) is 0.765. The van der Waals surface area contributed by atoms with Crippen LogP contribution in [0.5, 0.6) is 5.75 Å². The minimum atomic E-state index is -0.0603. The van der Waals surface area contributed by atoms with Gasteiger partial charge in [-0.2, -0.15) is 0 Å². The number of ether oxygens (including phenoxy) is 1. The molecule has 0 spiro atoms. The highest BCUT2D eigenvalue weighted by Gasteiger charge is 2.45. The van der Waals surface area contributed by atoms with E-state index >= 15 is 0 Å². The first-order valence-corrected chi connectivity index (χ1v) is 10.5. The van der Waals surface area contributed by atoms with Crippen LogP contribution in [0.3, 0.4) is 0 Å². The van der Waals surface area contributed by atoms with E-state index in [1.165, 1.54) is 22.9 Å². The first-order valence-electron chi connectivity index (χ1n) is 9.64. The molecule has 142 valence electrons. The normalized spacial score (nSPS) is 23.1. The highest BCUT2D eigenvalue weighted by atomic mass is 32.2. The van der Waals surface area contributed by atoms with Crippen LogP contribution in [0.4, 0.5) is 4.79 Å². The fraction of sp³-hybridized carbons (Fsp3) is 0.455. The second kappa shape index (κ2) is 7.19. The topological polar surface area (TPSA) is 51.2 Å². The predicted octanol–water partition coefficient (Wildman–Crippen LogP) is 4.51. The summed E-state index contributed by atoms with van der Waals surface area (Å²) in [5, 5.41) is 2.98. The summed E-state index contributed by atoms with van der Waals surface area (Å²) in [4.78, 5) is 16.0. The lowest BCUT2D eigenvalue weighted by Gasteiger charge is -2.20. The Labute approximate surface area is 165 Å². The number of aromatic nitrogens is 1. The number of thioether (sulfide) groups is 1. The van der Waals surface area contributed by atoms with Crippen molar-refractivity contribution in [3.8, 4) is 5.75 Å². The molecule has 2 fully saturated rings. The lowest BCUT2D eigenvalue weighted by Crippen LogP contribution is -2.28. The average molecular weight is 383 g/mol. The van der Waals surface area contributed by atoms with Crippen LogP contribution < -0.4 is 10.1 Å². The van der Waals surface area contributed by atoms with Gasteiger partial charge in [-0.25, -0.2) is 0 Å². The zero-order valence-electron chi connectivity index (χ0n) is 16.0. The maximum Gasteiger partial charge on any atom is 0.279 e. The Morgan fingerprint density at radius 2 is 1.96 bits per heavy atom. The maximum atomic E-state index is 11.5. The first-order chi connectivity index (χ1) is 13.0. The molecule has 0 bridgehead atoms. The summed E-state index contributed by atoms with van der Waals surface area (Å²) in [6.07, 6.45) is 6.19. The van der Waals surface area contributed by atoms with Gasteiger partial charge in [-0.15, -0.1) is 0 Å². The number of hydrogen-bond donors (Lipinski definition) is 1. The largest absolute Gasteiger partial charge is 0.493 e. The summed E-state index contributed by atoms with van der Waals surface area (Å²) in [6.45, 7) is 5.68. The highest BCUT2D eigenvalue weighted by molar-refractivity contribution is 8.15. The molecule has 2 aliphatic rings. The van der Waals surface area contributed by atoms with E-state index in [0.29, 0.717) is 6.61 Å². The number of nitrogens with one attached hydrogen (secondary N) is 1. The van der Waals surface area contributed by atoms with Crippen molar-refractivity contribution >= 4 is 17.0 Å². The van der Waals surface area contributed by atoms with Crippen LogP contribution in [0.15, 0.2) is 42.6 Å². The van der Waals surface area contributed by atoms with Gasteiger partial charge < -0.3 is 10.1 Å². The van der Waals surface area contributed by atoms with E-state index in [9.17, 15) is 4.79 Å². The molecule has 1 aromatic heterocycles. The summed E-state index contributed by atoms with van der Waals surface area (Å²) in [7, 11) is 0. The van der Waals surface area contributed by atoms with Crippen LogP contribution in [0.25, 0.3) is 0 Å². The Morgan fingerprint density at radius 1 is 1.19 bits per heavy atom. The van der Waals surface area contributed by atoms with Crippen LogP contribution in [0, 0.1) is 0 Å². The van der Waals surface area contributed by atoms with Gasteiger partial charge in [0.1, 0.15) is 5.75 Å². The smallest absolute Gasteiger partial charge is 0.279 e. The molecule has 27 heavy (non-hydrogen) atoms. The monoisotopic (exact) mass is 382 g/mol. The molecule has 1 aliphatic carbocycles. The Kier molecular flexibility index (Phi) is 4.89. The van der Waals surface area contributed by atoms with E-state index in [2.05, 4.69) is 48.4 Å². The van der Waals surface area contributed by atoms with Gasteiger partial charge in [0.05, 0.1) is 6.61 Å². The second-order valence-electron chi connectivity index (χ2n) is 7.97. The van der Waals surface area contributed by atoms with E-state index < -0.39 is 0 Å². The zero-order valence-corrected chi connectivity index (χ0v) is 16.8. The van der Waals surface area contributed by atoms with E-state index in [1.807, 2.05) is 18.3 Å². The van der Waals surface area contributed by atoms with Crippen LogP contribution in [0.2, 0.25) is 0 Å². The predicted molar refractivity (Wildman–Crippen MR) is 110 cm³/mol. The third kappa shape index (κ3) is 4.13. The van der Waals surface area contributed by atoms with Gasteiger partial charge in [-0.1, -0.05) is 36.9 Å². The molecule has 2 heterocycles. The van der Waals surface area contributed by atoms with Crippen molar-refractivity contribution in [2.75, 3.05) is 13.2 Å². The van der Waals surface area contributed by atoms with Gasteiger partial charge in [0.2, 0.25) is 0 Å². The van der Waals surface area contributed by atoms with Crippen LogP contribution in [0.1, 0.15) is 43.5 Å². The van der Waals surface area contributed by atoms with Crippen molar-refractivity contribution in [2.45, 2.75) is 49.7 Å². The molecule has 4 nitrogen and oxygen atoms in total. The SMILES string of the molecule is CCc1ccc(C2(COc3ccc(CC4(C)CNC(=O)S4)cc3)CC2)cn1. The summed E-state index contributed by atoms with van der Waals surface area (Å²) in [5.41, 5.74) is 3.80. The number of rotatable bonds is 7. The van der Waals surface area contributed by atoms with Gasteiger partial charge in [0.25, 0.3) is 5.24 Å². The Hall–Kier alpha value is -2.01.